The van der Waals surface area contributed by atoms with Crippen LogP contribution in [0.3, 0.4) is 0 Å². The van der Waals surface area contributed by atoms with E-state index in [0.29, 0.717) is 5.92 Å². The standard InChI is InChI=1S/C20H32N4O2/c1-16(2)8-10-21-20(26)24-14-12-23(13-15-24)11-9-18-4-6-19(7-5-18)22-17(3)25/h4-7,16H,8-15H2,1-3H3,(H,21,26)(H,22,25). The Morgan fingerprint density at radius 1 is 1.08 bits per heavy atom. The van der Waals surface area contributed by atoms with Crippen LogP contribution in [0, 0.1) is 5.92 Å². The van der Waals surface area contributed by atoms with E-state index in [-0.39, 0.29) is 11.9 Å². The highest BCUT2D eigenvalue weighted by Gasteiger charge is 2.20. The van der Waals surface area contributed by atoms with Crippen molar-refractivity contribution in [2.24, 2.45) is 5.92 Å². The van der Waals surface area contributed by atoms with E-state index in [0.717, 1.165) is 57.8 Å². The summed E-state index contributed by atoms with van der Waals surface area (Å²) >= 11 is 0. The van der Waals surface area contributed by atoms with Crippen LogP contribution in [0.25, 0.3) is 0 Å². The van der Waals surface area contributed by atoms with Crippen molar-refractivity contribution in [1.82, 2.24) is 15.1 Å². The summed E-state index contributed by atoms with van der Waals surface area (Å²) in [7, 11) is 0. The van der Waals surface area contributed by atoms with E-state index in [4.69, 9.17) is 0 Å². The number of carbonyl (C=O) groups is 2. The molecule has 0 spiro atoms. The summed E-state index contributed by atoms with van der Waals surface area (Å²) in [6.07, 6.45) is 1.99. The maximum atomic E-state index is 12.1. The van der Waals surface area contributed by atoms with Crippen molar-refractivity contribution in [3.05, 3.63) is 29.8 Å². The third kappa shape index (κ3) is 7.04. The number of hydrogen-bond donors (Lipinski definition) is 2. The predicted octanol–water partition coefficient (Wildman–Crippen LogP) is 2.56. The lowest BCUT2D eigenvalue weighted by Crippen LogP contribution is -2.52. The first-order valence-electron chi connectivity index (χ1n) is 9.55. The van der Waals surface area contributed by atoms with E-state index in [1.807, 2.05) is 17.0 Å². The van der Waals surface area contributed by atoms with Gasteiger partial charge in [0.2, 0.25) is 5.91 Å². The number of urea groups is 1. The molecule has 1 aromatic carbocycles. The number of hydrogen-bond acceptors (Lipinski definition) is 3. The van der Waals surface area contributed by atoms with Crippen LogP contribution < -0.4 is 10.6 Å². The van der Waals surface area contributed by atoms with Gasteiger partial charge in [-0.15, -0.1) is 0 Å². The topological polar surface area (TPSA) is 64.7 Å². The lowest BCUT2D eigenvalue weighted by Gasteiger charge is -2.34. The van der Waals surface area contributed by atoms with Crippen molar-refractivity contribution in [3.8, 4) is 0 Å². The average Bonchev–Trinajstić information content (AvgIpc) is 2.60. The van der Waals surface area contributed by atoms with Gasteiger partial charge in [0.15, 0.2) is 0 Å². The van der Waals surface area contributed by atoms with E-state index in [2.05, 4.69) is 41.5 Å². The zero-order valence-electron chi connectivity index (χ0n) is 16.3. The quantitative estimate of drug-likeness (QED) is 0.785. The summed E-state index contributed by atoms with van der Waals surface area (Å²) in [5.74, 6) is 0.559. The molecular weight excluding hydrogens is 328 g/mol. The molecule has 0 aromatic heterocycles. The summed E-state index contributed by atoms with van der Waals surface area (Å²) < 4.78 is 0. The molecule has 0 atom stereocenters. The van der Waals surface area contributed by atoms with Crippen LogP contribution in [0.15, 0.2) is 24.3 Å². The molecule has 0 unspecified atom stereocenters. The number of rotatable bonds is 7. The fourth-order valence-corrected chi connectivity index (χ4v) is 3.00. The molecule has 6 nitrogen and oxygen atoms in total. The molecule has 1 aliphatic rings. The number of nitrogens with zero attached hydrogens (tertiary/aromatic N) is 2. The minimum atomic E-state index is -0.0520. The van der Waals surface area contributed by atoms with Crippen LogP contribution in [0.1, 0.15) is 32.8 Å². The van der Waals surface area contributed by atoms with Gasteiger partial charge in [-0.1, -0.05) is 26.0 Å². The Hall–Kier alpha value is -2.08. The monoisotopic (exact) mass is 360 g/mol. The molecule has 26 heavy (non-hydrogen) atoms. The van der Waals surface area contributed by atoms with Gasteiger partial charge in [0.1, 0.15) is 0 Å². The van der Waals surface area contributed by atoms with Gasteiger partial charge in [0, 0.05) is 51.9 Å². The third-order valence-electron chi connectivity index (χ3n) is 4.65. The normalized spacial score (nSPS) is 15.2. The summed E-state index contributed by atoms with van der Waals surface area (Å²) in [6.45, 7) is 11.0. The lowest BCUT2D eigenvalue weighted by atomic mass is 10.1. The molecule has 1 fully saturated rings. The Morgan fingerprint density at radius 2 is 1.73 bits per heavy atom. The highest BCUT2D eigenvalue weighted by atomic mass is 16.2. The number of benzene rings is 1. The maximum absolute atomic E-state index is 12.1. The summed E-state index contributed by atoms with van der Waals surface area (Å²) in [5, 5.41) is 5.79. The Balaban J connectivity index is 1.67. The van der Waals surface area contributed by atoms with Crippen LogP contribution >= 0.6 is 0 Å². The minimum Gasteiger partial charge on any atom is -0.338 e. The first-order chi connectivity index (χ1) is 12.4. The van der Waals surface area contributed by atoms with Gasteiger partial charge in [-0.2, -0.15) is 0 Å². The van der Waals surface area contributed by atoms with Gasteiger partial charge in [-0.05, 0) is 36.5 Å². The van der Waals surface area contributed by atoms with Crippen molar-refractivity contribution in [2.45, 2.75) is 33.6 Å². The van der Waals surface area contributed by atoms with Crippen LogP contribution in [0.2, 0.25) is 0 Å². The van der Waals surface area contributed by atoms with Crippen LogP contribution in [-0.2, 0) is 11.2 Å². The molecular formula is C20H32N4O2. The second kappa shape index (κ2) is 10.2. The number of carbonyl (C=O) groups excluding carboxylic acids is 2. The van der Waals surface area contributed by atoms with E-state index in [1.165, 1.54) is 12.5 Å². The van der Waals surface area contributed by atoms with Crippen LogP contribution in [-0.4, -0.2) is 61.0 Å². The Bertz CT molecular complexity index is 578. The van der Waals surface area contributed by atoms with Crippen LogP contribution in [0.4, 0.5) is 10.5 Å². The fraction of sp³-hybridized carbons (Fsp3) is 0.600. The zero-order valence-corrected chi connectivity index (χ0v) is 16.3. The van der Waals surface area contributed by atoms with Crippen molar-refractivity contribution in [2.75, 3.05) is 44.6 Å². The predicted molar refractivity (Wildman–Crippen MR) is 105 cm³/mol. The van der Waals surface area contributed by atoms with Crippen molar-refractivity contribution in [1.29, 1.82) is 0 Å². The SMILES string of the molecule is CC(=O)Nc1ccc(CCN2CCN(C(=O)NCCC(C)C)CC2)cc1. The zero-order chi connectivity index (χ0) is 18.9. The molecule has 1 heterocycles. The van der Waals surface area contributed by atoms with E-state index in [9.17, 15) is 9.59 Å². The smallest absolute Gasteiger partial charge is 0.317 e. The van der Waals surface area contributed by atoms with E-state index in [1.54, 1.807) is 0 Å². The Labute approximate surface area is 156 Å². The van der Waals surface area contributed by atoms with E-state index < -0.39 is 0 Å². The molecule has 2 N–H and O–H groups in total. The van der Waals surface area contributed by atoms with Crippen LogP contribution in [0.5, 0.6) is 0 Å². The van der Waals surface area contributed by atoms with Crippen molar-refractivity contribution >= 4 is 17.6 Å². The Morgan fingerprint density at radius 3 is 2.31 bits per heavy atom. The van der Waals surface area contributed by atoms with Gasteiger partial charge < -0.3 is 15.5 Å². The first-order valence-corrected chi connectivity index (χ1v) is 9.55. The van der Waals surface area contributed by atoms with Gasteiger partial charge >= 0.3 is 6.03 Å². The molecule has 144 valence electrons. The molecule has 0 aliphatic carbocycles. The largest absolute Gasteiger partial charge is 0.338 e. The first kappa shape index (κ1) is 20.2. The molecule has 0 bridgehead atoms. The number of anilines is 1. The molecule has 1 saturated heterocycles. The third-order valence-corrected chi connectivity index (χ3v) is 4.65. The average molecular weight is 361 g/mol. The summed E-state index contributed by atoms with van der Waals surface area (Å²) in [6, 6.07) is 8.07. The lowest BCUT2D eigenvalue weighted by molar-refractivity contribution is -0.114. The second-order valence-electron chi connectivity index (χ2n) is 7.37. The highest BCUT2D eigenvalue weighted by Crippen LogP contribution is 2.11. The Kier molecular flexibility index (Phi) is 7.91. The summed E-state index contributed by atoms with van der Waals surface area (Å²) in [4.78, 5) is 27.5. The van der Waals surface area contributed by atoms with Gasteiger partial charge in [0.25, 0.3) is 0 Å². The molecule has 0 saturated carbocycles. The van der Waals surface area contributed by atoms with Gasteiger partial charge in [-0.25, -0.2) is 4.79 Å². The van der Waals surface area contributed by atoms with Crippen molar-refractivity contribution in [3.63, 3.8) is 0 Å². The van der Waals surface area contributed by atoms with E-state index >= 15 is 0 Å². The number of amides is 3. The van der Waals surface area contributed by atoms with Crippen molar-refractivity contribution < 1.29 is 9.59 Å². The molecule has 0 radical (unpaired) electrons. The van der Waals surface area contributed by atoms with Gasteiger partial charge in [-0.3, -0.25) is 9.69 Å². The molecule has 1 aliphatic heterocycles. The maximum Gasteiger partial charge on any atom is 0.317 e. The summed E-state index contributed by atoms with van der Waals surface area (Å²) in [5.41, 5.74) is 2.09. The second-order valence-corrected chi connectivity index (χ2v) is 7.37. The fourth-order valence-electron chi connectivity index (χ4n) is 3.00. The highest BCUT2D eigenvalue weighted by molar-refractivity contribution is 5.88. The minimum absolute atomic E-state index is 0.0520. The number of piperazine rings is 1. The molecule has 3 amide bonds. The number of nitrogens with one attached hydrogen (secondary N) is 2. The molecule has 2 rings (SSSR count). The molecule has 6 heteroatoms. The molecule has 1 aromatic rings. The van der Waals surface area contributed by atoms with Gasteiger partial charge in [0.05, 0.1) is 0 Å².